The van der Waals surface area contributed by atoms with Gasteiger partial charge in [-0.25, -0.2) is 9.59 Å². The summed E-state index contributed by atoms with van der Waals surface area (Å²) in [6, 6.07) is 6.17. The molecule has 0 radical (unpaired) electrons. The molecule has 0 bridgehead atoms. The highest BCUT2D eigenvalue weighted by Crippen LogP contribution is 2.38. The van der Waals surface area contributed by atoms with Crippen molar-refractivity contribution in [2.24, 2.45) is 17.8 Å². The zero-order valence-corrected chi connectivity index (χ0v) is 21.2. The quantitative estimate of drug-likeness (QED) is 0.466. The Morgan fingerprint density at radius 1 is 1.24 bits per heavy atom. The maximum Gasteiger partial charge on any atom is 0.334 e. The monoisotopic (exact) mass is 476 g/mol. The maximum absolute atomic E-state index is 13.7. The second kappa shape index (κ2) is 10.3. The minimum atomic E-state index is -1.38. The van der Waals surface area contributed by atoms with E-state index >= 15 is 0 Å². The third-order valence-electron chi connectivity index (χ3n) is 6.89. The molecule has 0 spiro atoms. The fourth-order valence-corrected chi connectivity index (χ4v) is 5.39. The van der Waals surface area contributed by atoms with Gasteiger partial charge in [0.05, 0.1) is 13.7 Å². The summed E-state index contributed by atoms with van der Waals surface area (Å²) in [5.41, 5.74) is -0.722. The summed E-state index contributed by atoms with van der Waals surface area (Å²) in [6.07, 6.45) is 2.79. The lowest BCUT2D eigenvalue weighted by Crippen LogP contribution is -2.59. The van der Waals surface area contributed by atoms with Crippen molar-refractivity contribution in [3.05, 3.63) is 24.3 Å². The van der Waals surface area contributed by atoms with Gasteiger partial charge in [0.1, 0.15) is 11.9 Å². The number of rotatable bonds is 7. The van der Waals surface area contributed by atoms with Crippen molar-refractivity contribution in [3.63, 3.8) is 0 Å². The number of thiocarbonyl (C=S) groups is 1. The third kappa shape index (κ3) is 5.10. The lowest BCUT2D eigenvalue weighted by Gasteiger charge is -2.39. The van der Waals surface area contributed by atoms with Crippen molar-refractivity contribution >= 4 is 35.0 Å². The number of hydrogen-bond acceptors (Lipinski definition) is 6. The van der Waals surface area contributed by atoms with Crippen molar-refractivity contribution in [2.45, 2.75) is 71.6 Å². The van der Waals surface area contributed by atoms with Crippen LogP contribution in [-0.4, -0.2) is 48.5 Å². The Morgan fingerprint density at radius 2 is 1.91 bits per heavy atom. The Morgan fingerprint density at radius 3 is 2.48 bits per heavy atom. The zero-order chi connectivity index (χ0) is 24.3. The van der Waals surface area contributed by atoms with Gasteiger partial charge in [0, 0.05) is 5.69 Å². The Bertz CT molecular complexity index is 874. The van der Waals surface area contributed by atoms with E-state index in [0.29, 0.717) is 29.2 Å². The summed E-state index contributed by atoms with van der Waals surface area (Å²) >= 11 is 5.59. The van der Waals surface area contributed by atoms with Crippen LogP contribution in [0.1, 0.15) is 53.9 Å². The van der Waals surface area contributed by atoms with Crippen molar-refractivity contribution < 1.29 is 23.8 Å². The number of esters is 2. The van der Waals surface area contributed by atoms with Gasteiger partial charge in [0.2, 0.25) is 0 Å². The first-order valence-corrected chi connectivity index (χ1v) is 12.2. The van der Waals surface area contributed by atoms with E-state index in [1.54, 1.807) is 50.1 Å². The minimum absolute atomic E-state index is 0.189. The van der Waals surface area contributed by atoms with Gasteiger partial charge >= 0.3 is 11.9 Å². The first-order chi connectivity index (χ1) is 15.6. The summed E-state index contributed by atoms with van der Waals surface area (Å²) in [7, 11) is 1.59. The first kappa shape index (κ1) is 25.3. The number of anilines is 1. The molecular weight excluding hydrogens is 440 g/mol. The SMILES string of the molecule is CCOC(=O)[C@@H]1N(c2ccc(OC)cc2)C(=S)N[C@]1(C)C(=O)O[C@H]1C[C@@H](C)CC[C@@H]1C(C)C. The Kier molecular flexibility index (Phi) is 7.88. The molecule has 1 N–H and O–H groups in total. The van der Waals surface area contributed by atoms with Crippen molar-refractivity contribution in [2.75, 3.05) is 18.6 Å². The van der Waals surface area contributed by atoms with E-state index in [-0.39, 0.29) is 17.8 Å². The molecule has 2 fully saturated rings. The maximum atomic E-state index is 13.7. The summed E-state index contributed by atoms with van der Waals surface area (Å²) < 4.78 is 16.7. The van der Waals surface area contributed by atoms with Crippen LogP contribution >= 0.6 is 12.2 Å². The van der Waals surface area contributed by atoms with Crippen LogP contribution in [0.2, 0.25) is 0 Å². The highest BCUT2D eigenvalue weighted by Gasteiger charge is 2.58. The number of carbonyl (C=O) groups excluding carboxylic acids is 2. The Balaban J connectivity index is 1.93. The molecule has 0 aromatic heterocycles. The van der Waals surface area contributed by atoms with Gasteiger partial charge in [-0.3, -0.25) is 0 Å². The average Bonchev–Trinajstić information content (AvgIpc) is 3.05. The molecule has 0 unspecified atom stereocenters. The average molecular weight is 477 g/mol. The number of nitrogens with zero attached hydrogens (tertiary/aromatic N) is 1. The molecule has 1 aliphatic heterocycles. The van der Waals surface area contributed by atoms with E-state index in [9.17, 15) is 9.59 Å². The molecule has 1 aromatic carbocycles. The van der Waals surface area contributed by atoms with Crippen LogP contribution in [0.5, 0.6) is 5.75 Å². The third-order valence-corrected chi connectivity index (χ3v) is 7.19. The number of methoxy groups -OCH3 is 1. The molecule has 1 aliphatic carbocycles. The molecule has 2 aliphatic rings. The van der Waals surface area contributed by atoms with Crippen molar-refractivity contribution in [1.29, 1.82) is 0 Å². The van der Waals surface area contributed by atoms with Gasteiger partial charge in [-0.1, -0.05) is 27.2 Å². The molecular formula is C25H36N2O5S. The van der Waals surface area contributed by atoms with Crippen molar-refractivity contribution in [3.8, 4) is 5.75 Å². The molecule has 3 rings (SSSR count). The molecule has 7 nitrogen and oxygen atoms in total. The van der Waals surface area contributed by atoms with Crippen LogP contribution in [0.4, 0.5) is 5.69 Å². The Hall–Kier alpha value is -2.35. The van der Waals surface area contributed by atoms with Crippen LogP contribution in [0.3, 0.4) is 0 Å². The number of ether oxygens (including phenoxy) is 3. The molecule has 1 saturated heterocycles. The fourth-order valence-electron chi connectivity index (χ4n) is 4.97. The van der Waals surface area contributed by atoms with Gasteiger partial charge in [-0.2, -0.15) is 0 Å². The van der Waals surface area contributed by atoms with E-state index in [0.717, 1.165) is 19.3 Å². The van der Waals surface area contributed by atoms with E-state index in [1.807, 2.05) is 0 Å². The smallest absolute Gasteiger partial charge is 0.334 e. The van der Waals surface area contributed by atoms with Crippen LogP contribution < -0.4 is 15.0 Å². The van der Waals surface area contributed by atoms with E-state index < -0.39 is 23.5 Å². The molecule has 1 saturated carbocycles. The van der Waals surface area contributed by atoms with Gasteiger partial charge in [-0.05, 0) is 80.9 Å². The predicted molar refractivity (Wildman–Crippen MR) is 131 cm³/mol. The number of hydrogen-bond donors (Lipinski definition) is 1. The molecule has 8 heteroatoms. The molecule has 182 valence electrons. The van der Waals surface area contributed by atoms with Gasteiger partial charge in [-0.15, -0.1) is 0 Å². The van der Waals surface area contributed by atoms with Crippen LogP contribution in [0, 0.1) is 17.8 Å². The topological polar surface area (TPSA) is 77.1 Å². The van der Waals surface area contributed by atoms with E-state index in [2.05, 4.69) is 26.1 Å². The van der Waals surface area contributed by atoms with Crippen molar-refractivity contribution in [1.82, 2.24) is 5.32 Å². The number of nitrogens with one attached hydrogen (secondary N) is 1. The highest BCUT2D eigenvalue weighted by atomic mass is 32.1. The van der Waals surface area contributed by atoms with E-state index in [4.69, 9.17) is 26.4 Å². The molecule has 0 amide bonds. The minimum Gasteiger partial charge on any atom is -0.497 e. The zero-order valence-electron chi connectivity index (χ0n) is 20.4. The summed E-state index contributed by atoms with van der Waals surface area (Å²) in [4.78, 5) is 28.4. The molecule has 1 aromatic rings. The standard InChI is InChI=1S/C25H36N2O5S/c1-7-31-22(28)21-25(5,23(29)32-20-14-16(4)8-13-19(20)15(2)3)26-24(33)27(21)17-9-11-18(30-6)12-10-17/h9-12,15-16,19-21H,7-8,13-14H2,1-6H3,(H,26,33)/t16-,19+,20-,21-,25-/m0/s1. The van der Waals surface area contributed by atoms with Gasteiger partial charge in [0.25, 0.3) is 0 Å². The lowest BCUT2D eigenvalue weighted by molar-refractivity contribution is -0.166. The molecule has 1 heterocycles. The van der Waals surface area contributed by atoms with Crippen LogP contribution in [0.15, 0.2) is 24.3 Å². The second-order valence-corrected chi connectivity index (χ2v) is 10.0. The molecule has 5 atom stereocenters. The lowest BCUT2D eigenvalue weighted by atomic mass is 9.75. The highest BCUT2D eigenvalue weighted by molar-refractivity contribution is 7.80. The summed E-state index contributed by atoms with van der Waals surface area (Å²) in [5.74, 6) is 0.845. The Labute approximate surface area is 202 Å². The number of carbonyl (C=O) groups is 2. The van der Waals surface area contributed by atoms with E-state index in [1.165, 1.54) is 0 Å². The largest absolute Gasteiger partial charge is 0.497 e. The summed E-state index contributed by atoms with van der Waals surface area (Å²) in [6.45, 7) is 10.1. The molecule has 33 heavy (non-hydrogen) atoms. The summed E-state index contributed by atoms with van der Waals surface area (Å²) in [5, 5.41) is 3.37. The first-order valence-electron chi connectivity index (χ1n) is 11.8. The second-order valence-electron chi connectivity index (χ2n) is 9.62. The predicted octanol–water partition coefficient (Wildman–Crippen LogP) is 4.08. The van der Waals surface area contributed by atoms with Crippen LogP contribution in [-0.2, 0) is 19.1 Å². The van der Waals surface area contributed by atoms with Gasteiger partial charge in [0.15, 0.2) is 16.7 Å². The number of benzene rings is 1. The fraction of sp³-hybridized carbons (Fsp3) is 0.640. The van der Waals surface area contributed by atoms with Gasteiger partial charge < -0.3 is 24.4 Å². The normalized spacial score (nSPS) is 29.5. The van der Waals surface area contributed by atoms with Crippen LogP contribution in [0.25, 0.3) is 0 Å².